The van der Waals surface area contributed by atoms with Gasteiger partial charge in [-0.25, -0.2) is 0 Å². The lowest BCUT2D eigenvalue weighted by Crippen LogP contribution is -2.23. The summed E-state index contributed by atoms with van der Waals surface area (Å²) in [7, 11) is 0. The van der Waals surface area contributed by atoms with Gasteiger partial charge in [0, 0.05) is 67.5 Å². The normalized spacial score (nSPS) is 18.7. The molecule has 2 aliphatic heterocycles. The van der Waals surface area contributed by atoms with Crippen molar-refractivity contribution in [3.8, 4) is 0 Å². The second kappa shape index (κ2) is 6.98. The highest BCUT2D eigenvalue weighted by molar-refractivity contribution is 6.26. The number of hydrogen-bond acceptors (Lipinski definition) is 6. The molecule has 2 aliphatic rings. The Morgan fingerprint density at radius 2 is 1.33 bits per heavy atom. The largest absolute Gasteiger partial charge is 0.456 e. The molecule has 0 amide bonds. The third kappa shape index (κ3) is 2.67. The van der Waals surface area contributed by atoms with Crippen molar-refractivity contribution in [2.75, 3.05) is 42.0 Å². The molecule has 8 rings (SSSR count). The fraction of sp³-hybridized carbons (Fsp3) is 0.133. The zero-order valence-corrected chi connectivity index (χ0v) is 19.1. The van der Waals surface area contributed by atoms with Gasteiger partial charge in [0.1, 0.15) is 22.3 Å². The first-order valence-electron chi connectivity index (χ1n) is 14.7. The van der Waals surface area contributed by atoms with E-state index >= 15 is 0 Å². The summed E-state index contributed by atoms with van der Waals surface area (Å²) in [6.07, 6.45) is 3.35. The fourth-order valence-electron chi connectivity index (χ4n) is 5.48. The van der Waals surface area contributed by atoms with Gasteiger partial charge in [0.15, 0.2) is 0 Å². The van der Waals surface area contributed by atoms with Gasteiger partial charge >= 0.3 is 0 Å². The third-order valence-electron chi connectivity index (χ3n) is 7.15. The summed E-state index contributed by atoms with van der Waals surface area (Å²) in [5.74, 6) is 0. The molecule has 176 valence electrons. The molecule has 0 atom stereocenters. The average molecular weight is 479 g/mol. The lowest BCUT2D eigenvalue weighted by atomic mass is 10.0. The Morgan fingerprint density at radius 3 is 2.03 bits per heavy atom. The number of hydrogen-bond donors (Lipinski definition) is 0. The van der Waals surface area contributed by atoms with Crippen LogP contribution in [0.2, 0.25) is 0 Å². The van der Waals surface area contributed by atoms with Crippen molar-refractivity contribution < 1.29 is 17.1 Å². The van der Waals surface area contributed by atoms with E-state index in [1.54, 1.807) is 12.4 Å². The Labute approximate surface area is 216 Å². The topological polar surface area (TPSA) is 39.2 Å². The van der Waals surface area contributed by atoms with Crippen LogP contribution in [-0.2, 0) is 0 Å². The second-order valence-corrected chi connectivity index (χ2v) is 9.24. The van der Waals surface area contributed by atoms with Crippen LogP contribution >= 0.6 is 0 Å². The minimum absolute atomic E-state index is 0.196. The molecule has 4 aromatic carbocycles. The summed E-state index contributed by atoms with van der Waals surface area (Å²) in [6.45, 7) is -4.08. The van der Waals surface area contributed by atoms with Gasteiger partial charge in [-0.3, -0.25) is 0 Å². The summed E-state index contributed by atoms with van der Waals surface area (Å²) < 4.78 is 59.9. The van der Waals surface area contributed by atoms with Gasteiger partial charge in [0.05, 0.1) is 24.7 Å². The molecule has 0 N–H and O–H groups in total. The van der Waals surface area contributed by atoms with Crippen LogP contribution in [0, 0.1) is 0 Å². The quantitative estimate of drug-likeness (QED) is 0.262. The van der Waals surface area contributed by atoms with E-state index < -0.39 is 14.0 Å². The monoisotopic (exact) mass is 478 g/mol. The molecule has 0 saturated carbocycles. The van der Waals surface area contributed by atoms with E-state index in [-0.39, 0.29) is 13.3 Å². The van der Waals surface area contributed by atoms with E-state index in [0.717, 1.165) is 38.6 Å². The van der Waals surface area contributed by atoms with E-state index in [4.69, 9.17) is 17.1 Å². The van der Waals surface area contributed by atoms with Crippen LogP contribution in [-0.4, -0.2) is 32.2 Å². The van der Waals surface area contributed by atoms with E-state index in [1.165, 1.54) is 9.80 Å². The highest BCUT2D eigenvalue weighted by Crippen LogP contribution is 2.44. The van der Waals surface area contributed by atoms with Gasteiger partial charge in [-0.1, -0.05) is 12.1 Å². The average Bonchev–Trinajstić information content (AvgIpc) is 3.73. The maximum absolute atomic E-state index is 8.07. The molecule has 0 aliphatic carbocycles. The van der Waals surface area contributed by atoms with Crippen molar-refractivity contribution in [3.63, 3.8) is 0 Å². The molecule has 0 spiro atoms. The maximum Gasteiger partial charge on any atom is 0.136 e. The summed E-state index contributed by atoms with van der Waals surface area (Å²) in [6, 6.07) is 23.1. The summed E-state index contributed by atoms with van der Waals surface area (Å²) >= 11 is 0. The molecule has 0 radical (unpaired) electrons. The summed E-state index contributed by atoms with van der Waals surface area (Å²) in [4.78, 5) is 6.64. The molecule has 0 fully saturated rings. The van der Waals surface area contributed by atoms with Gasteiger partial charge < -0.3 is 28.4 Å². The van der Waals surface area contributed by atoms with Crippen LogP contribution in [0.25, 0.3) is 43.9 Å². The van der Waals surface area contributed by atoms with E-state index in [2.05, 4.69) is 0 Å². The molecule has 0 saturated heterocycles. The van der Waals surface area contributed by atoms with Crippen molar-refractivity contribution in [1.29, 1.82) is 0 Å². The van der Waals surface area contributed by atoms with E-state index in [1.807, 2.05) is 82.6 Å². The first-order valence-corrected chi connectivity index (χ1v) is 11.7. The van der Waals surface area contributed by atoms with Crippen molar-refractivity contribution in [3.05, 3.63) is 85.2 Å². The number of para-hydroxylation sites is 2. The molecule has 4 heterocycles. The van der Waals surface area contributed by atoms with E-state index in [9.17, 15) is 0 Å². The van der Waals surface area contributed by atoms with Crippen LogP contribution in [0.1, 0.15) is 8.22 Å². The number of rotatable bonds is 2. The number of nitrogens with zero attached hydrogens (tertiary/aromatic N) is 4. The van der Waals surface area contributed by atoms with Crippen molar-refractivity contribution in [2.24, 2.45) is 0 Å². The Morgan fingerprint density at radius 1 is 0.667 bits per heavy atom. The van der Waals surface area contributed by atoms with Crippen LogP contribution in [0.3, 0.4) is 0 Å². The Hall–Kier alpha value is -4.58. The molecule has 0 unspecified atom stereocenters. The molecule has 0 bridgehead atoms. The first kappa shape index (κ1) is 14.7. The lowest BCUT2D eigenvalue weighted by Gasteiger charge is -2.19. The lowest BCUT2D eigenvalue weighted by molar-refractivity contribution is 0.496. The van der Waals surface area contributed by atoms with Crippen molar-refractivity contribution in [2.45, 2.75) is 0 Å². The number of anilines is 4. The molecule has 6 aromatic rings. The zero-order valence-electron chi connectivity index (χ0n) is 25.1. The van der Waals surface area contributed by atoms with Crippen LogP contribution in [0.15, 0.2) is 94.0 Å². The minimum Gasteiger partial charge on any atom is -0.456 e. The molecule has 6 heteroatoms. The highest BCUT2D eigenvalue weighted by Gasteiger charge is 2.25. The summed E-state index contributed by atoms with van der Waals surface area (Å²) in [5.41, 5.74) is 6.03. The zero-order chi connectivity index (χ0) is 29.0. The van der Waals surface area contributed by atoms with Gasteiger partial charge in [-0.15, -0.1) is 0 Å². The Kier molecular flexibility index (Phi) is 2.86. The highest BCUT2D eigenvalue weighted by atomic mass is 16.3. The molecule has 6 nitrogen and oxygen atoms in total. The summed E-state index contributed by atoms with van der Waals surface area (Å²) in [5, 5.41) is 3.59. The predicted octanol–water partition coefficient (Wildman–Crippen LogP) is 7.21. The van der Waals surface area contributed by atoms with Crippen molar-refractivity contribution in [1.82, 2.24) is 4.90 Å². The SMILES string of the molecule is [2H]C([2H])([2H])N1C=CN(c2ccc3oc4ccc5oc6ccc(N7CN(C([2H])([2H])[2H])c8ccccc87)cc6c5c4c3c2)C1. The molecule has 36 heavy (non-hydrogen) atoms. The van der Waals surface area contributed by atoms with E-state index in [0.29, 0.717) is 28.0 Å². The second-order valence-electron chi connectivity index (χ2n) is 9.24. The number of benzene rings is 4. The minimum atomic E-state index is -2.28. The predicted molar refractivity (Wildman–Crippen MR) is 147 cm³/mol. The van der Waals surface area contributed by atoms with Crippen LogP contribution < -0.4 is 14.7 Å². The maximum atomic E-state index is 8.07. The number of fused-ring (bicyclic) bond motifs is 8. The standard InChI is InChI=1S/C30H24N4O2/c1-31-13-14-33(17-31)19-7-9-25-21(15-19)29-27(35-25)11-12-28-30(29)22-16-20(8-10-26(22)36-28)34-18-32(2)23-5-3-4-6-24(23)34/h3-16H,17-18H2,1-2H3/i1D3,2D3. The van der Waals surface area contributed by atoms with Gasteiger partial charge in [-0.2, -0.15) is 0 Å². The van der Waals surface area contributed by atoms with Crippen LogP contribution in [0.5, 0.6) is 0 Å². The third-order valence-corrected chi connectivity index (χ3v) is 7.15. The van der Waals surface area contributed by atoms with Crippen molar-refractivity contribution >= 4 is 66.6 Å². The Balaban J connectivity index is 1.29. The molecular formula is C30H24N4O2. The number of furan rings is 2. The van der Waals surface area contributed by atoms with Crippen LogP contribution in [0.4, 0.5) is 22.7 Å². The van der Waals surface area contributed by atoms with Gasteiger partial charge in [0.25, 0.3) is 0 Å². The van der Waals surface area contributed by atoms with Gasteiger partial charge in [-0.05, 0) is 60.7 Å². The van der Waals surface area contributed by atoms with Gasteiger partial charge in [0.2, 0.25) is 0 Å². The fourth-order valence-corrected chi connectivity index (χ4v) is 5.48. The smallest absolute Gasteiger partial charge is 0.136 e. The first-order chi connectivity index (χ1) is 20.1. The molecule has 2 aromatic heterocycles. The molecular weight excluding hydrogens is 448 g/mol. The Bertz CT molecular complexity index is 2080.